The molecule has 3 heterocycles. The Kier molecular flexibility index (Phi) is 4.38. The summed E-state index contributed by atoms with van der Waals surface area (Å²) in [5.41, 5.74) is 0.773. The van der Waals surface area contributed by atoms with Crippen molar-refractivity contribution in [1.29, 1.82) is 0 Å². The highest BCUT2D eigenvalue weighted by atomic mass is 32.1. The number of likely N-dealkylation sites (tertiary alicyclic amines) is 1. The molecule has 9 heteroatoms. The Balaban J connectivity index is 1.66. The van der Waals surface area contributed by atoms with Gasteiger partial charge >= 0.3 is 6.18 Å². The van der Waals surface area contributed by atoms with Gasteiger partial charge in [-0.2, -0.15) is 18.3 Å². The summed E-state index contributed by atoms with van der Waals surface area (Å²) in [4.78, 5) is 18.8. The van der Waals surface area contributed by atoms with E-state index in [1.807, 2.05) is 0 Å². The molecular formula is C14H15F3N4OS. The number of aromatic nitrogens is 3. The van der Waals surface area contributed by atoms with Crippen LogP contribution in [0.25, 0.3) is 0 Å². The lowest BCUT2D eigenvalue weighted by Gasteiger charge is -2.32. The van der Waals surface area contributed by atoms with Crippen molar-refractivity contribution >= 4 is 17.2 Å². The van der Waals surface area contributed by atoms with Crippen LogP contribution in [0.1, 0.15) is 29.5 Å². The SMILES string of the molecule is O=C(Cc1cncs1)N1CCCC(n2ccc(C(F)(F)F)n2)C1. The van der Waals surface area contributed by atoms with E-state index in [9.17, 15) is 18.0 Å². The van der Waals surface area contributed by atoms with E-state index in [2.05, 4.69) is 10.1 Å². The first kappa shape index (κ1) is 16.0. The topological polar surface area (TPSA) is 51.0 Å². The summed E-state index contributed by atoms with van der Waals surface area (Å²) in [6.45, 7) is 1.01. The minimum Gasteiger partial charge on any atom is -0.340 e. The first-order chi connectivity index (χ1) is 10.9. The van der Waals surface area contributed by atoms with Crippen LogP contribution in [0.3, 0.4) is 0 Å². The quantitative estimate of drug-likeness (QED) is 0.860. The molecule has 2 aromatic rings. The number of alkyl halides is 3. The molecule has 1 aliphatic heterocycles. The van der Waals surface area contributed by atoms with E-state index in [4.69, 9.17) is 0 Å². The van der Waals surface area contributed by atoms with Crippen molar-refractivity contribution < 1.29 is 18.0 Å². The second kappa shape index (κ2) is 6.31. The van der Waals surface area contributed by atoms with Crippen LogP contribution in [0, 0.1) is 0 Å². The molecule has 1 aliphatic rings. The summed E-state index contributed by atoms with van der Waals surface area (Å²) in [6.07, 6.45) is 0.299. The number of hydrogen-bond donors (Lipinski definition) is 0. The van der Waals surface area contributed by atoms with E-state index in [0.29, 0.717) is 19.5 Å². The highest BCUT2D eigenvalue weighted by Gasteiger charge is 2.34. The zero-order valence-electron chi connectivity index (χ0n) is 12.2. The molecule has 1 saturated heterocycles. The van der Waals surface area contributed by atoms with Gasteiger partial charge in [-0.05, 0) is 18.9 Å². The third kappa shape index (κ3) is 3.72. The van der Waals surface area contributed by atoms with E-state index in [0.717, 1.165) is 17.4 Å². The molecule has 0 radical (unpaired) electrons. The van der Waals surface area contributed by atoms with E-state index in [-0.39, 0.29) is 18.4 Å². The molecule has 0 aromatic carbocycles. The van der Waals surface area contributed by atoms with E-state index >= 15 is 0 Å². The maximum absolute atomic E-state index is 12.6. The molecule has 5 nitrogen and oxygen atoms in total. The van der Waals surface area contributed by atoms with Gasteiger partial charge in [0.1, 0.15) is 0 Å². The monoisotopic (exact) mass is 344 g/mol. The highest BCUT2D eigenvalue weighted by molar-refractivity contribution is 7.09. The van der Waals surface area contributed by atoms with Gasteiger partial charge in [0.25, 0.3) is 0 Å². The Labute approximate surface area is 134 Å². The lowest BCUT2D eigenvalue weighted by atomic mass is 10.1. The van der Waals surface area contributed by atoms with Crippen molar-refractivity contribution in [2.45, 2.75) is 31.5 Å². The molecule has 2 aromatic heterocycles. The normalized spacial score (nSPS) is 19.1. The molecule has 3 rings (SSSR count). The summed E-state index contributed by atoms with van der Waals surface area (Å²) in [6, 6.07) is 0.753. The smallest absolute Gasteiger partial charge is 0.340 e. The van der Waals surface area contributed by atoms with E-state index < -0.39 is 11.9 Å². The zero-order chi connectivity index (χ0) is 16.4. The van der Waals surface area contributed by atoms with Gasteiger partial charge in [0, 0.05) is 30.4 Å². The first-order valence-corrected chi connectivity index (χ1v) is 8.09. The maximum Gasteiger partial charge on any atom is 0.435 e. The number of amides is 1. The Morgan fingerprint density at radius 2 is 2.26 bits per heavy atom. The molecule has 0 aliphatic carbocycles. The van der Waals surface area contributed by atoms with Crippen molar-refractivity contribution in [2.24, 2.45) is 0 Å². The molecule has 0 saturated carbocycles. The number of nitrogens with zero attached hydrogens (tertiary/aromatic N) is 4. The minimum absolute atomic E-state index is 0.0258. The molecule has 1 atom stereocenters. The van der Waals surface area contributed by atoms with Crippen molar-refractivity contribution in [2.75, 3.05) is 13.1 Å². The number of rotatable bonds is 3. The van der Waals surface area contributed by atoms with Crippen LogP contribution in [-0.4, -0.2) is 38.7 Å². The van der Waals surface area contributed by atoms with Crippen molar-refractivity contribution in [3.8, 4) is 0 Å². The fourth-order valence-electron chi connectivity index (χ4n) is 2.68. The van der Waals surface area contributed by atoms with Gasteiger partial charge < -0.3 is 4.90 Å². The minimum atomic E-state index is -4.44. The van der Waals surface area contributed by atoms with Crippen LogP contribution in [0.2, 0.25) is 0 Å². The Bertz CT molecular complexity index is 668. The van der Waals surface area contributed by atoms with Crippen molar-refractivity contribution in [3.05, 3.63) is 34.5 Å². The molecule has 0 bridgehead atoms. The van der Waals surface area contributed by atoms with Crippen molar-refractivity contribution in [1.82, 2.24) is 19.7 Å². The fraction of sp³-hybridized carbons (Fsp3) is 0.500. The number of hydrogen-bond acceptors (Lipinski definition) is 4. The van der Waals surface area contributed by atoms with Crippen LogP contribution in [-0.2, 0) is 17.4 Å². The molecule has 0 N–H and O–H groups in total. The third-order valence-corrected chi connectivity index (χ3v) is 4.61. The van der Waals surface area contributed by atoms with Crippen molar-refractivity contribution in [3.63, 3.8) is 0 Å². The average Bonchev–Trinajstić information content (AvgIpc) is 3.18. The molecule has 124 valence electrons. The predicted octanol–water partition coefficient (Wildman–Crippen LogP) is 2.76. The second-order valence-corrected chi connectivity index (χ2v) is 6.43. The van der Waals surface area contributed by atoms with Crippen LogP contribution in [0.4, 0.5) is 13.2 Å². The van der Waals surface area contributed by atoms with E-state index in [1.165, 1.54) is 22.2 Å². The summed E-state index contributed by atoms with van der Waals surface area (Å²) in [5.74, 6) is -0.0258. The van der Waals surface area contributed by atoms with Gasteiger partial charge in [0.05, 0.1) is 18.0 Å². The maximum atomic E-state index is 12.6. The van der Waals surface area contributed by atoms with Gasteiger partial charge in [0.15, 0.2) is 5.69 Å². The van der Waals surface area contributed by atoms with Gasteiger partial charge in [0.2, 0.25) is 5.91 Å². The van der Waals surface area contributed by atoms with Gasteiger partial charge in [-0.25, -0.2) is 0 Å². The zero-order valence-corrected chi connectivity index (χ0v) is 13.0. The number of piperidine rings is 1. The first-order valence-electron chi connectivity index (χ1n) is 7.21. The Morgan fingerprint density at radius 1 is 1.43 bits per heavy atom. The lowest BCUT2D eigenvalue weighted by Crippen LogP contribution is -2.41. The van der Waals surface area contributed by atoms with Crippen LogP contribution in [0.5, 0.6) is 0 Å². The predicted molar refractivity (Wildman–Crippen MR) is 77.9 cm³/mol. The molecule has 1 fully saturated rings. The summed E-state index contributed by atoms with van der Waals surface area (Å²) < 4.78 is 39.2. The second-order valence-electron chi connectivity index (χ2n) is 5.46. The number of carbonyl (C=O) groups excluding carboxylic acids is 1. The Morgan fingerprint density at radius 3 is 2.91 bits per heavy atom. The fourth-order valence-corrected chi connectivity index (χ4v) is 3.27. The molecule has 23 heavy (non-hydrogen) atoms. The van der Waals surface area contributed by atoms with Gasteiger partial charge in [-0.3, -0.25) is 14.5 Å². The largest absolute Gasteiger partial charge is 0.435 e. The molecular weight excluding hydrogens is 329 g/mol. The highest BCUT2D eigenvalue weighted by Crippen LogP contribution is 2.29. The van der Waals surface area contributed by atoms with Crippen LogP contribution >= 0.6 is 11.3 Å². The number of thiazole rings is 1. The number of carbonyl (C=O) groups is 1. The Hall–Kier alpha value is -1.90. The standard InChI is InChI=1S/C14H15F3N4OS/c15-14(16,17)12-3-5-21(19-12)10-2-1-4-20(8-10)13(22)6-11-7-18-9-23-11/h3,5,7,9-10H,1-2,4,6,8H2. The summed E-state index contributed by atoms with van der Waals surface area (Å²) in [5, 5.41) is 3.62. The molecule has 1 unspecified atom stereocenters. The van der Waals surface area contributed by atoms with Gasteiger partial charge in [-0.15, -0.1) is 11.3 Å². The lowest BCUT2D eigenvalue weighted by molar-refractivity contribution is -0.142. The molecule has 0 spiro atoms. The van der Waals surface area contributed by atoms with Crippen LogP contribution < -0.4 is 0 Å². The summed E-state index contributed by atoms with van der Waals surface area (Å²) >= 11 is 1.42. The molecule has 1 amide bonds. The third-order valence-electron chi connectivity index (χ3n) is 3.83. The van der Waals surface area contributed by atoms with Gasteiger partial charge in [-0.1, -0.05) is 0 Å². The summed E-state index contributed by atoms with van der Waals surface area (Å²) in [7, 11) is 0. The average molecular weight is 344 g/mol. The van der Waals surface area contributed by atoms with E-state index in [1.54, 1.807) is 16.6 Å². The number of halogens is 3. The van der Waals surface area contributed by atoms with Crippen LogP contribution in [0.15, 0.2) is 24.0 Å².